The van der Waals surface area contributed by atoms with Crippen molar-refractivity contribution in [1.29, 1.82) is 0 Å². The fourth-order valence-corrected chi connectivity index (χ4v) is 3.26. The van der Waals surface area contributed by atoms with Gasteiger partial charge in [0.2, 0.25) is 0 Å². The molecule has 1 atom stereocenters. The number of benzene rings is 1. The minimum Gasteiger partial charge on any atom is -0.383 e. The quantitative estimate of drug-likeness (QED) is 0.862. The van der Waals surface area contributed by atoms with Crippen LogP contribution in [0.4, 0.5) is 0 Å². The predicted octanol–water partition coefficient (Wildman–Crippen LogP) is 4.21. The van der Waals surface area contributed by atoms with Gasteiger partial charge in [-0.2, -0.15) is 0 Å². The fraction of sp³-hybridized carbons (Fsp3) is 0.421. The SMILES string of the molecule is CC(C)(c1ccccc1)C1C=CC2=C(CC1)N=CCCN2. The molecule has 1 aromatic rings. The van der Waals surface area contributed by atoms with E-state index < -0.39 is 0 Å². The first-order valence-corrected chi connectivity index (χ1v) is 7.91. The van der Waals surface area contributed by atoms with Gasteiger partial charge in [0.1, 0.15) is 0 Å². The average Bonchev–Trinajstić information content (AvgIpc) is 2.83. The topological polar surface area (TPSA) is 24.4 Å². The molecule has 0 fully saturated rings. The van der Waals surface area contributed by atoms with Crippen LogP contribution in [0.25, 0.3) is 0 Å². The largest absolute Gasteiger partial charge is 0.383 e. The van der Waals surface area contributed by atoms with Crippen molar-refractivity contribution < 1.29 is 0 Å². The van der Waals surface area contributed by atoms with Crippen LogP contribution in [0.2, 0.25) is 0 Å². The summed E-state index contributed by atoms with van der Waals surface area (Å²) in [6, 6.07) is 10.8. The Labute approximate surface area is 127 Å². The lowest BCUT2D eigenvalue weighted by Gasteiger charge is -2.33. The van der Waals surface area contributed by atoms with Gasteiger partial charge in [0.15, 0.2) is 0 Å². The Morgan fingerprint density at radius 1 is 1.19 bits per heavy atom. The van der Waals surface area contributed by atoms with Crippen LogP contribution < -0.4 is 5.32 Å². The summed E-state index contributed by atoms with van der Waals surface area (Å²) in [5.74, 6) is 0.531. The van der Waals surface area contributed by atoms with Crippen LogP contribution in [0.5, 0.6) is 0 Å². The second kappa shape index (κ2) is 5.88. The first-order valence-electron chi connectivity index (χ1n) is 7.91. The van der Waals surface area contributed by atoms with Crippen LogP contribution in [0.15, 0.2) is 58.9 Å². The highest BCUT2D eigenvalue weighted by Gasteiger charge is 2.30. The van der Waals surface area contributed by atoms with Gasteiger partial charge < -0.3 is 5.32 Å². The molecular weight excluding hydrogens is 256 g/mol. The Kier molecular flexibility index (Phi) is 3.96. The van der Waals surface area contributed by atoms with Gasteiger partial charge in [0.05, 0.1) is 11.4 Å². The van der Waals surface area contributed by atoms with Gasteiger partial charge in [-0.25, -0.2) is 0 Å². The van der Waals surface area contributed by atoms with E-state index in [0.717, 1.165) is 25.8 Å². The van der Waals surface area contributed by atoms with Crippen molar-refractivity contribution in [1.82, 2.24) is 5.32 Å². The molecule has 0 saturated carbocycles. The van der Waals surface area contributed by atoms with Crippen LogP contribution in [-0.4, -0.2) is 12.8 Å². The molecule has 0 saturated heterocycles. The predicted molar refractivity (Wildman–Crippen MR) is 89.5 cm³/mol. The lowest BCUT2D eigenvalue weighted by Crippen LogP contribution is -2.27. The Balaban J connectivity index is 1.83. The van der Waals surface area contributed by atoms with E-state index >= 15 is 0 Å². The van der Waals surface area contributed by atoms with Gasteiger partial charge in [-0.1, -0.05) is 50.3 Å². The number of aliphatic imine (C=N–C) groups is 1. The van der Waals surface area contributed by atoms with Crippen molar-refractivity contribution in [2.24, 2.45) is 10.9 Å². The molecule has 0 aromatic heterocycles. The van der Waals surface area contributed by atoms with E-state index in [4.69, 9.17) is 0 Å². The second-order valence-corrected chi connectivity index (χ2v) is 6.48. The van der Waals surface area contributed by atoms with Crippen molar-refractivity contribution in [2.45, 2.75) is 38.5 Å². The minimum absolute atomic E-state index is 0.145. The normalized spacial score (nSPS) is 22.3. The zero-order chi connectivity index (χ0) is 14.7. The molecule has 0 amide bonds. The number of rotatable bonds is 2. The average molecular weight is 280 g/mol. The van der Waals surface area contributed by atoms with Crippen molar-refractivity contribution in [3.05, 3.63) is 59.4 Å². The molecule has 0 bridgehead atoms. The maximum absolute atomic E-state index is 4.64. The highest BCUT2D eigenvalue weighted by atomic mass is 14.9. The third-order valence-electron chi connectivity index (χ3n) is 4.78. The maximum atomic E-state index is 4.64. The standard InChI is InChI=1S/C19H24N2/c1-19(2,15-7-4-3-5-8-15)16-9-11-17-18(12-10-16)21-14-6-13-20-17/h3-5,7-9,11,14,16,20H,6,10,12-13H2,1-2H3. The summed E-state index contributed by atoms with van der Waals surface area (Å²) < 4.78 is 0. The Morgan fingerprint density at radius 2 is 2.00 bits per heavy atom. The Bertz CT molecular complexity index is 579. The lowest BCUT2D eigenvalue weighted by molar-refractivity contribution is 0.362. The molecule has 0 radical (unpaired) electrons. The van der Waals surface area contributed by atoms with E-state index in [2.05, 4.69) is 66.6 Å². The van der Waals surface area contributed by atoms with Gasteiger partial charge in [-0.3, -0.25) is 4.99 Å². The number of hydrogen-bond donors (Lipinski definition) is 1. The monoisotopic (exact) mass is 280 g/mol. The molecule has 0 spiro atoms. The summed E-state index contributed by atoms with van der Waals surface area (Å²) in [5.41, 5.74) is 3.99. The van der Waals surface area contributed by atoms with Crippen molar-refractivity contribution in [3.63, 3.8) is 0 Å². The minimum atomic E-state index is 0.145. The second-order valence-electron chi connectivity index (χ2n) is 6.48. The number of hydrogen-bond acceptors (Lipinski definition) is 2. The molecule has 1 aliphatic heterocycles. The summed E-state index contributed by atoms with van der Waals surface area (Å²) in [7, 11) is 0. The summed E-state index contributed by atoms with van der Waals surface area (Å²) in [5, 5.41) is 3.50. The summed E-state index contributed by atoms with van der Waals surface area (Å²) in [6.45, 7) is 5.69. The van der Waals surface area contributed by atoms with E-state index in [1.54, 1.807) is 0 Å². The molecule has 1 N–H and O–H groups in total. The molecule has 110 valence electrons. The molecule has 1 heterocycles. The van der Waals surface area contributed by atoms with E-state index in [1.165, 1.54) is 17.0 Å². The number of nitrogens with one attached hydrogen (secondary N) is 1. The van der Waals surface area contributed by atoms with Gasteiger partial charge in [0.25, 0.3) is 0 Å². The number of nitrogens with zero attached hydrogens (tertiary/aromatic N) is 1. The van der Waals surface area contributed by atoms with E-state index in [1.807, 2.05) is 6.21 Å². The first kappa shape index (κ1) is 14.1. The summed E-state index contributed by atoms with van der Waals surface area (Å²) >= 11 is 0. The molecule has 1 aliphatic carbocycles. The zero-order valence-electron chi connectivity index (χ0n) is 13.0. The molecule has 21 heavy (non-hydrogen) atoms. The first-order chi connectivity index (χ1) is 10.2. The summed E-state index contributed by atoms with van der Waals surface area (Å²) in [6.07, 6.45) is 9.89. The molecular formula is C19H24N2. The molecule has 1 unspecified atom stereocenters. The smallest absolute Gasteiger partial charge is 0.0630 e. The van der Waals surface area contributed by atoms with Crippen molar-refractivity contribution >= 4 is 6.21 Å². The van der Waals surface area contributed by atoms with Crippen LogP contribution in [0, 0.1) is 5.92 Å². The van der Waals surface area contributed by atoms with Gasteiger partial charge >= 0.3 is 0 Å². The molecule has 2 nitrogen and oxygen atoms in total. The highest BCUT2D eigenvalue weighted by Crippen LogP contribution is 2.38. The third-order valence-corrected chi connectivity index (χ3v) is 4.78. The van der Waals surface area contributed by atoms with E-state index in [0.29, 0.717) is 5.92 Å². The Hall–Kier alpha value is -1.83. The van der Waals surface area contributed by atoms with Gasteiger partial charge in [0, 0.05) is 19.2 Å². The van der Waals surface area contributed by atoms with Crippen molar-refractivity contribution in [2.75, 3.05) is 6.54 Å². The van der Waals surface area contributed by atoms with Crippen LogP contribution in [0.1, 0.15) is 38.7 Å². The summed E-state index contributed by atoms with van der Waals surface area (Å²) in [4.78, 5) is 4.64. The Morgan fingerprint density at radius 3 is 2.81 bits per heavy atom. The van der Waals surface area contributed by atoms with Crippen LogP contribution >= 0.6 is 0 Å². The highest BCUT2D eigenvalue weighted by molar-refractivity contribution is 5.60. The maximum Gasteiger partial charge on any atom is 0.0630 e. The van der Waals surface area contributed by atoms with Crippen LogP contribution in [-0.2, 0) is 5.41 Å². The molecule has 3 rings (SSSR count). The molecule has 2 heteroatoms. The van der Waals surface area contributed by atoms with E-state index in [9.17, 15) is 0 Å². The lowest BCUT2D eigenvalue weighted by atomic mass is 9.71. The molecule has 1 aromatic carbocycles. The number of allylic oxidation sites excluding steroid dienone is 3. The van der Waals surface area contributed by atoms with E-state index in [-0.39, 0.29) is 5.41 Å². The fourth-order valence-electron chi connectivity index (χ4n) is 3.26. The third kappa shape index (κ3) is 2.94. The van der Waals surface area contributed by atoms with Crippen molar-refractivity contribution in [3.8, 4) is 0 Å². The molecule has 2 aliphatic rings. The van der Waals surface area contributed by atoms with Crippen LogP contribution in [0.3, 0.4) is 0 Å². The van der Waals surface area contributed by atoms with Gasteiger partial charge in [-0.15, -0.1) is 0 Å². The zero-order valence-corrected chi connectivity index (χ0v) is 13.0. The van der Waals surface area contributed by atoms with Gasteiger partial charge in [-0.05, 0) is 35.8 Å².